The number of rotatable bonds is 5. The maximum absolute atomic E-state index is 10.1. The highest BCUT2D eigenvalue weighted by Gasteiger charge is 1.92. The summed E-state index contributed by atoms with van der Waals surface area (Å²) in [6.07, 6.45) is 2.34. The van der Waals surface area contributed by atoms with Crippen molar-refractivity contribution in [1.82, 2.24) is 0 Å². The van der Waals surface area contributed by atoms with E-state index in [0.717, 1.165) is 18.7 Å². The summed E-state index contributed by atoms with van der Waals surface area (Å²) in [5.41, 5.74) is 1.52. The van der Waals surface area contributed by atoms with Crippen molar-refractivity contribution in [2.75, 3.05) is 11.9 Å². The van der Waals surface area contributed by atoms with Crippen molar-refractivity contribution >= 4 is 11.4 Å². The zero-order chi connectivity index (χ0) is 9.52. The number of unbranched alkanes of at least 4 members (excludes halogenated alkanes) is 1. The molecule has 0 saturated carbocycles. The van der Waals surface area contributed by atoms with Crippen LogP contribution in [0.3, 0.4) is 0 Å². The van der Waals surface area contributed by atoms with Gasteiger partial charge in [0, 0.05) is 12.2 Å². The number of benzene rings is 1. The lowest BCUT2D eigenvalue weighted by Crippen LogP contribution is -1.99. The van der Waals surface area contributed by atoms with E-state index in [-0.39, 0.29) is 0 Å². The highest BCUT2D eigenvalue weighted by Crippen LogP contribution is 2.15. The molecule has 0 bridgehead atoms. The quantitative estimate of drug-likeness (QED) is 0.555. The number of hydrogen-bond donors (Lipinski definition) is 1. The SMILES string of the molecule is CCCCNc1ccc(N=O)cc1. The Labute approximate surface area is 78.1 Å². The molecule has 0 atom stereocenters. The van der Waals surface area contributed by atoms with Gasteiger partial charge in [0.15, 0.2) is 0 Å². The molecule has 3 heteroatoms. The largest absolute Gasteiger partial charge is 0.385 e. The molecule has 0 aliphatic carbocycles. The summed E-state index contributed by atoms with van der Waals surface area (Å²) < 4.78 is 0. The maximum Gasteiger partial charge on any atom is 0.108 e. The summed E-state index contributed by atoms with van der Waals surface area (Å²) in [5.74, 6) is 0. The van der Waals surface area contributed by atoms with Crippen molar-refractivity contribution < 1.29 is 0 Å². The van der Waals surface area contributed by atoms with Crippen molar-refractivity contribution in [3.05, 3.63) is 29.2 Å². The van der Waals surface area contributed by atoms with Crippen LogP contribution in [-0.2, 0) is 0 Å². The van der Waals surface area contributed by atoms with Crippen LogP contribution in [0.2, 0.25) is 0 Å². The fourth-order valence-electron chi connectivity index (χ4n) is 1.05. The number of nitroso groups, excluding NO2 is 1. The molecule has 70 valence electrons. The van der Waals surface area contributed by atoms with Gasteiger partial charge in [-0.1, -0.05) is 13.3 Å². The molecule has 0 aliphatic heterocycles. The third-order valence-corrected chi connectivity index (χ3v) is 1.83. The molecule has 0 aliphatic rings. The Bertz CT molecular complexity index is 256. The molecule has 0 saturated heterocycles. The van der Waals surface area contributed by atoms with E-state index in [1.165, 1.54) is 6.42 Å². The Hall–Kier alpha value is -1.38. The Morgan fingerprint density at radius 3 is 2.54 bits per heavy atom. The van der Waals surface area contributed by atoms with Crippen LogP contribution in [0.4, 0.5) is 11.4 Å². The average molecular weight is 178 g/mol. The van der Waals surface area contributed by atoms with E-state index >= 15 is 0 Å². The molecule has 0 fully saturated rings. The lowest BCUT2D eigenvalue weighted by Gasteiger charge is -2.04. The molecule has 1 N–H and O–H groups in total. The fraction of sp³-hybridized carbons (Fsp3) is 0.400. The van der Waals surface area contributed by atoms with E-state index in [0.29, 0.717) is 5.69 Å². The molecule has 0 heterocycles. The highest BCUT2D eigenvalue weighted by atomic mass is 16.3. The summed E-state index contributed by atoms with van der Waals surface area (Å²) in [4.78, 5) is 10.1. The second-order valence-electron chi connectivity index (χ2n) is 2.92. The Morgan fingerprint density at radius 1 is 1.31 bits per heavy atom. The Balaban J connectivity index is 2.44. The van der Waals surface area contributed by atoms with Gasteiger partial charge in [-0.15, -0.1) is 4.91 Å². The minimum atomic E-state index is 0.473. The second-order valence-corrected chi connectivity index (χ2v) is 2.92. The number of nitrogens with zero attached hydrogens (tertiary/aromatic N) is 1. The Morgan fingerprint density at radius 2 is 2.00 bits per heavy atom. The van der Waals surface area contributed by atoms with Gasteiger partial charge in [0.2, 0.25) is 0 Å². The third-order valence-electron chi connectivity index (χ3n) is 1.83. The highest BCUT2D eigenvalue weighted by molar-refractivity contribution is 5.50. The van der Waals surface area contributed by atoms with Crippen molar-refractivity contribution in [2.24, 2.45) is 5.18 Å². The molecule has 1 rings (SSSR count). The van der Waals surface area contributed by atoms with Crippen molar-refractivity contribution in [3.8, 4) is 0 Å². The van der Waals surface area contributed by atoms with E-state index in [4.69, 9.17) is 0 Å². The molecule has 0 amide bonds. The van der Waals surface area contributed by atoms with E-state index in [9.17, 15) is 4.91 Å². The number of anilines is 1. The van der Waals surface area contributed by atoms with Crippen molar-refractivity contribution in [1.29, 1.82) is 0 Å². The van der Waals surface area contributed by atoms with Gasteiger partial charge >= 0.3 is 0 Å². The molecular formula is C10H14N2O. The number of nitrogens with one attached hydrogen (secondary N) is 1. The molecule has 1 aromatic carbocycles. The number of hydrogen-bond acceptors (Lipinski definition) is 3. The van der Waals surface area contributed by atoms with E-state index < -0.39 is 0 Å². The van der Waals surface area contributed by atoms with Crippen LogP contribution in [0.5, 0.6) is 0 Å². The summed E-state index contributed by atoms with van der Waals surface area (Å²) in [5, 5.41) is 6.08. The van der Waals surface area contributed by atoms with Gasteiger partial charge < -0.3 is 5.32 Å². The predicted octanol–water partition coefficient (Wildman–Crippen LogP) is 3.30. The van der Waals surface area contributed by atoms with Crippen LogP contribution in [0, 0.1) is 4.91 Å². The lowest BCUT2D eigenvalue weighted by atomic mass is 10.2. The van der Waals surface area contributed by atoms with E-state index in [2.05, 4.69) is 17.4 Å². The van der Waals surface area contributed by atoms with Crippen LogP contribution < -0.4 is 5.32 Å². The smallest absolute Gasteiger partial charge is 0.108 e. The zero-order valence-electron chi connectivity index (χ0n) is 7.79. The summed E-state index contributed by atoms with van der Waals surface area (Å²) >= 11 is 0. The fourth-order valence-corrected chi connectivity index (χ4v) is 1.05. The lowest BCUT2D eigenvalue weighted by molar-refractivity contribution is 0.834. The molecule has 0 radical (unpaired) electrons. The standard InChI is InChI=1S/C10H14N2O/c1-2-3-8-11-9-4-6-10(12-13)7-5-9/h4-7,11H,2-3,8H2,1H3. The first-order valence-corrected chi connectivity index (χ1v) is 4.54. The van der Waals surface area contributed by atoms with Crippen LogP contribution in [0.15, 0.2) is 29.4 Å². The first-order chi connectivity index (χ1) is 6.36. The van der Waals surface area contributed by atoms with Gasteiger partial charge in [-0.05, 0) is 35.9 Å². The van der Waals surface area contributed by atoms with Gasteiger partial charge in [-0.3, -0.25) is 0 Å². The van der Waals surface area contributed by atoms with Crippen molar-refractivity contribution in [3.63, 3.8) is 0 Å². The summed E-state index contributed by atoms with van der Waals surface area (Å²) in [6, 6.07) is 7.15. The summed E-state index contributed by atoms with van der Waals surface area (Å²) in [6.45, 7) is 3.13. The molecule has 0 spiro atoms. The molecule has 0 aromatic heterocycles. The van der Waals surface area contributed by atoms with Crippen LogP contribution in [-0.4, -0.2) is 6.54 Å². The third kappa shape index (κ3) is 3.23. The molecule has 13 heavy (non-hydrogen) atoms. The molecule has 0 unspecified atom stereocenters. The van der Waals surface area contributed by atoms with Gasteiger partial charge in [0.05, 0.1) is 0 Å². The normalized spacial score (nSPS) is 9.62. The molecule has 1 aromatic rings. The van der Waals surface area contributed by atoms with Crippen LogP contribution >= 0.6 is 0 Å². The van der Waals surface area contributed by atoms with E-state index in [1.807, 2.05) is 12.1 Å². The molecule has 3 nitrogen and oxygen atoms in total. The van der Waals surface area contributed by atoms with Crippen molar-refractivity contribution in [2.45, 2.75) is 19.8 Å². The molecular weight excluding hydrogens is 164 g/mol. The monoisotopic (exact) mass is 178 g/mol. The Kier molecular flexibility index (Phi) is 3.96. The first-order valence-electron chi connectivity index (χ1n) is 4.54. The summed E-state index contributed by atoms with van der Waals surface area (Å²) in [7, 11) is 0. The first kappa shape index (κ1) is 9.71. The van der Waals surface area contributed by atoms with Gasteiger partial charge in [0.25, 0.3) is 0 Å². The van der Waals surface area contributed by atoms with Gasteiger partial charge in [-0.25, -0.2) is 0 Å². The van der Waals surface area contributed by atoms with Gasteiger partial charge in [-0.2, -0.15) is 0 Å². The zero-order valence-corrected chi connectivity index (χ0v) is 7.79. The minimum absolute atomic E-state index is 0.473. The second kappa shape index (κ2) is 5.30. The maximum atomic E-state index is 10.1. The predicted molar refractivity (Wildman–Crippen MR) is 55.3 cm³/mol. The average Bonchev–Trinajstić information content (AvgIpc) is 2.19. The van der Waals surface area contributed by atoms with Crippen LogP contribution in [0.25, 0.3) is 0 Å². The minimum Gasteiger partial charge on any atom is -0.385 e. The van der Waals surface area contributed by atoms with Crippen LogP contribution in [0.1, 0.15) is 19.8 Å². The topological polar surface area (TPSA) is 41.5 Å². The van der Waals surface area contributed by atoms with Gasteiger partial charge in [0.1, 0.15) is 5.69 Å². The van der Waals surface area contributed by atoms with E-state index in [1.54, 1.807) is 12.1 Å².